The third-order valence-electron chi connectivity index (χ3n) is 6.03. The molecule has 0 amide bonds. The van der Waals surface area contributed by atoms with Crippen molar-refractivity contribution in [3.05, 3.63) is 63.0 Å². The van der Waals surface area contributed by atoms with Crippen LogP contribution in [-0.2, 0) is 19.9 Å². The normalized spacial score (nSPS) is 24.2. The van der Waals surface area contributed by atoms with Crippen molar-refractivity contribution in [1.82, 2.24) is 15.2 Å². The molecule has 0 spiro atoms. The van der Waals surface area contributed by atoms with Crippen LogP contribution in [0.5, 0.6) is 0 Å². The molecule has 2 aromatic rings. The van der Waals surface area contributed by atoms with E-state index in [-0.39, 0.29) is 23.7 Å². The molecule has 1 fully saturated rings. The van der Waals surface area contributed by atoms with Crippen molar-refractivity contribution in [2.45, 2.75) is 37.8 Å². The second-order valence-electron chi connectivity index (χ2n) is 8.60. The number of aromatic nitrogens is 1. The Morgan fingerprint density at radius 1 is 1.31 bits per heavy atom. The summed E-state index contributed by atoms with van der Waals surface area (Å²) in [6.45, 7) is 2.38. The first kappa shape index (κ1) is 24.9. The van der Waals surface area contributed by atoms with E-state index in [0.717, 1.165) is 9.78 Å². The summed E-state index contributed by atoms with van der Waals surface area (Å²) >= 11 is 1.33. The van der Waals surface area contributed by atoms with E-state index in [1.165, 1.54) is 42.7 Å². The van der Waals surface area contributed by atoms with Gasteiger partial charge < -0.3 is 15.2 Å². The van der Waals surface area contributed by atoms with E-state index in [9.17, 15) is 27.9 Å². The number of ether oxygens (including phenoxy) is 1. The molecule has 8 nitrogen and oxygen atoms in total. The van der Waals surface area contributed by atoms with Crippen LogP contribution in [0.25, 0.3) is 0 Å². The van der Waals surface area contributed by atoms with Gasteiger partial charge in [0.05, 0.1) is 19.2 Å². The average Bonchev–Trinajstić information content (AvgIpc) is 3.35. The van der Waals surface area contributed by atoms with Gasteiger partial charge in [0.1, 0.15) is 17.4 Å². The molecule has 1 saturated heterocycles. The van der Waals surface area contributed by atoms with E-state index in [1.54, 1.807) is 13.1 Å². The molecular formula is C23H23F3N4O4S. The van der Waals surface area contributed by atoms with Crippen LogP contribution >= 0.6 is 11.3 Å². The predicted molar refractivity (Wildman–Crippen MR) is 122 cm³/mol. The highest BCUT2D eigenvalue weighted by molar-refractivity contribution is 7.13. The summed E-state index contributed by atoms with van der Waals surface area (Å²) in [5.41, 5.74) is -0.795. The van der Waals surface area contributed by atoms with Crippen LogP contribution in [0.1, 0.15) is 28.8 Å². The number of carboxylic acid groups (broad SMARTS) is 1. The molecule has 0 saturated carbocycles. The standard InChI is InChI=1S/C23H23F3N4O4S/c1-12-9-27-19(35-12)18-28-15(10-30-11-23(25,26)8-16(30)20(31)32)17(21(33)34-3)22(2,29-18)13-4-6-14(24)7-5-13/h4-7,9,16H,8,10-11H2,1-3H3,(H,28,29)(H,31,32)/t16-,22-/m0/s1. The monoisotopic (exact) mass is 508 g/mol. The largest absolute Gasteiger partial charge is 0.480 e. The highest BCUT2D eigenvalue weighted by Crippen LogP contribution is 2.40. The van der Waals surface area contributed by atoms with E-state index in [0.29, 0.717) is 10.6 Å². The number of aliphatic carboxylic acids is 1. The maximum absolute atomic E-state index is 14.2. The maximum atomic E-state index is 14.2. The maximum Gasteiger partial charge on any atom is 0.338 e. The number of benzene rings is 1. The molecule has 2 atom stereocenters. The zero-order valence-corrected chi connectivity index (χ0v) is 20.0. The molecule has 3 heterocycles. The molecule has 0 bridgehead atoms. The number of carbonyl (C=O) groups excluding carboxylic acids is 1. The van der Waals surface area contributed by atoms with Crippen LogP contribution in [-0.4, -0.2) is 64.9 Å². The molecule has 2 aliphatic rings. The number of aryl methyl sites for hydroxylation is 1. The molecule has 4 rings (SSSR count). The first-order chi connectivity index (χ1) is 16.4. The van der Waals surface area contributed by atoms with E-state index in [1.807, 2.05) is 6.92 Å². The second kappa shape index (κ2) is 9.08. The number of thiazole rings is 1. The van der Waals surface area contributed by atoms with Crippen LogP contribution in [0.4, 0.5) is 13.2 Å². The number of rotatable bonds is 6. The van der Waals surface area contributed by atoms with Crippen molar-refractivity contribution in [1.29, 1.82) is 0 Å². The van der Waals surface area contributed by atoms with Gasteiger partial charge in [-0.25, -0.2) is 27.9 Å². The number of methoxy groups -OCH3 is 1. The van der Waals surface area contributed by atoms with Crippen LogP contribution in [0.3, 0.4) is 0 Å². The zero-order chi connectivity index (χ0) is 25.5. The van der Waals surface area contributed by atoms with Gasteiger partial charge in [0.25, 0.3) is 5.92 Å². The minimum Gasteiger partial charge on any atom is -0.480 e. The van der Waals surface area contributed by atoms with Gasteiger partial charge in [-0.3, -0.25) is 9.69 Å². The van der Waals surface area contributed by atoms with Gasteiger partial charge in [0, 0.05) is 29.7 Å². The number of nitrogens with zero attached hydrogens (tertiary/aromatic N) is 3. The number of alkyl halides is 2. The summed E-state index contributed by atoms with van der Waals surface area (Å²) < 4.78 is 47.1. The Morgan fingerprint density at radius 2 is 2.00 bits per heavy atom. The van der Waals surface area contributed by atoms with Gasteiger partial charge in [-0.05, 0) is 31.5 Å². The number of likely N-dealkylation sites (tertiary alicyclic amines) is 1. The minimum absolute atomic E-state index is 0.00277. The number of aliphatic imine (C=N–C) groups is 1. The zero-order valence-electron chi connectivity index (χ0n) is 19.1. The van der Waals surface area contributed by atoms with Gasteiger partial charge in [0.2, 0.25) is 0 Å². The van der Waals surface area contributed by atoms with E-state index < -0.39 is 48.2 Å². The number of carbonyl (C=O) groups is 2. The van der Waals surface area contributed by atoms with Crippen molar-refractivity contribution >= 4 is 29.1 Å². The number of amidine groups is 1. The summed E-state index contributed by atoms with van der Waals surface area (Å²) in [4.78, 5) is 35.8. The average molecular weight is 509 g/mol. The number of esters is 1. The van der Waals surface area contributed by atoms with Gasteiger partial charge in [-0.15, -0.1) is 11.3 Å². The van der Waals surface area contributed by atoms with Crippen molar-refractivity contribution in [3.63, 3.8) is 0 Å². The third kappa shape index (κ3) is 4.80. The van der Waals surface area contributed by atoms with Gasteiger partial charge in [-0.2, -0.15) is 0 Å². The molecular weight excluding hydrogens is 485 g/mol. The number of hydrogen-bond acceptors (Lipinski definition) is 8. The van der Waals surface area contributed by atoms with E-state index >= 15 is 0 Å². The Kier molecular flexibility index (Phi) is 6.45. The lowest BCUT2D eigenvalue weighted by molar-refractivity contribution is -0.142. The van der Waals surface area contributed by atoms with Crippen LogP contribution in [0, 0.1) is 12.7 Å². The Hall–Kier alpha value is -3.25. The summed E-state index contributed by atoms with van der Waals surface area (Å²) in [5.74, 6) is -5.58. The Morgan fingerprint density at radius 3 is 2.57 bits per heavy atom. The molecule has 186 valence electrons. The topological polar surface area (TPSA) is 104 Å². The lowest BCUT2D eigenvalue weighted by Crippen LogP contribution is -2.46. The van der Waals surface area contributed by atoms with E-state index in [2.05, 4.69) is 10.3 Å². The van der Waals surface area contributed by atoms with Crippen molar-refractivity contribution in [2.75, 3.05) is 20.2 Å². The highest BCUT2D eigenvalue weighted by Gasteiger charge is 2.50. The van der Waals surface area contributed by atoms with Gasteiger partial charge in [0.15, 0.2) is 10.8 Å². The van der Waals surface area contributed by atoms with Crippen LogP contribution < -0.4 is 5.32 Å². The molecule has 35 heavy (non-hydrogen) atoms. The lowest BCUT2D eigenvalue weighted by Gasteiger charge is -2.36. The van der Waals surface area contributed by atoms with Crippen molar-refractivity contribution in [2.24, 2.45) is 4.99 Å². The molecule has 2 N–H and O–H groups in total. The molecule has 0 aliphatic carbocycles. The fourth-order valence-electron chi connectivity index (χ4n) is 4.39. The summed E-state index contributed by atoms with van der Waals surface area (Å²) in [6.07, 6.45) is 0.797. The molecule has 0 radical (unpaired) electrons. The Balaban J connectivity index is 1.87. The molecule has 1 aromatic carbocycles. The first-order valence-electron chi connectivity index (χ1n) is 10.7. The predicted octanol–water partition coefficient (Wildman–Crippen LogP) is 3.08. The fourth-order valence-corrected chi connectivity index (χ4v) is 5.10. The first-order valence-corrected chi connectivity index (χ1v) is 11.5. The lowest BCUT2D eigenvalue weighted by atomic mass is 9.82. The van der Waals surface area contributed by atoms with Crippen molar-refractivity contribution in [3.8, 4) is 0 Å². The van der Waals surface area contributed by atoms with E-state index in [4.69, 9.17) is 9.73 Å². The number of nitrogens with one attached hydrogen (secondary N) is 1. The van der Waals surface area contributed by atoms with Crippen molar-refractivity contribution < 1.29 is 32.6 Å². The highest BCUT2D eigenvalue weighted by atomic mass is 32.1. The second-order valence-corrected chi connectivity index (χ2v) is 9.84. The van der Waals surface area contributed by atoms with Gasteiger partial charge in [-0.1, -0.05) is 12.1 Å². The molecule has 12 heteroatoms. The Bertz CT molecular complexity index is 1230. The van der Waals surface area contributed by atoms with Crippen LogP contribution in [0.15, 0.2) is 46.7 Å². The van der Waals surface area contributed by atoms with Gasteiger partial charge >= 0.3 is 11.9 Å². The Labute approximate surface area is 203 Å². The summed E-state index contributed by atoms with van der Waals surface area (Å²) in [5, 5.41) is 13.0. The smallest absolute Gasteiger partial charge is 0.338 e. The number of hydrogen-bond donors (Lipinski definition) is 2. The van der Waals surface area contributed by atoms with Crippen LogP contribution in [0.2, 0.25) is 0 Å². The molecule has 1 aromatic heterocycles. The third-order valence-corrected chi connectivity index (χ3v) is 6.95. The SMILES string of the molecule is COC(=O)C1=C(CN2CC(F)(F)C[C@H]2C(=O)O)NC(c2ncc(C)s2)=N[C@@]1(C)c1ccc(F)cc1. The summed E-state index contributed by atoms with van der Waals surface area (Å²) in [7, 11) is 1.17. The molecule has 0 unspecified atom stereocenters. The fraction of sp³-hybridized carbons (Fsp3) is 0.391. The quantitative estimate of drug-likeness (QED) is 0.578. The summed E-state index contributed by atoms with van der Waals surface area (Å²) in [6, 6.07) is 3.95. The minimum atomic E-state index is -3.20. The number of halogens is 3. The molecule has 2 aliphatic heterocycles. The number of carboxylic acids is 1.